The van der Waals surface area contributed by atoms with Crippen molar-refractivity contribution in [1.82, 2.24) is 24.3 Å². The summed E-state index contributed by atoms with van der Waals surface area (Å²) in [6.07, 6.45) is 4.18. The molecule has 1 saturated heterocycles. The summed E-state index contributed by atoms with van der Waals surface area (Å²) in [4.78, 5) is 48.6. The van der Waals surface area contributed by atoms with Crippen LogP contribution in [0.3, 0.4) is 0 Å². The first-order valence-corrected chi connectivity index (χ1v) is 10.8. The predicted octanol–water partition coefficient (Wildman–Crippen LogP) is 1.77. The SMILES string of the molecule is O=C(c1cnc2c(c1)c(=O)[nH]c(=O)n2C1CC1)N1CCCN(Cc2ccccc2)CC1. The molecule has 1 saturated carbocycles. The highest BCUT2D eigenvalue weighted by Gasteiger charge is 2.28. The predicted molar refractivity (Wildman–Crippen MR) is 117 cm³/mol. The number of benzene rings is 1. The van der Waals surface area contributed by atoms with E-state index < -0.39 is 11.2 Å². The van der Waals surface area contributed by atoms with Crippen molar-refractivity contribution in [2.75, 3.05) is 26.2 Å². The van der Waals surface area contributed by atoms with Crippen molar-refractivity contribution >= 4 is 16.9 Å². The molecular weight excluding hydrogens is 394 g/mol. The lowest BCUT2D eigenvalue weighted by atomic mass is 10.2. The van der Waals surface area contributed by atoms with Crippen molar-refractivity contribution in [3.05, 3.63) is 74.6 Å². The topological polar surface area (TPSA) is 91.3 Å². The Labute approximate surface area is 179 Å². The van der Waals surface area contributed by atoms with Gasteiger partial charge in [0.1, 0.15) is 5.65 Å². The standard InChI is InChI=1S/C23H25N5O3/c29-21-19-13-17(14-24-20(19)28(18-7-8-18)23(31)25-21)22(30)27-10-4-9-26(11-12-27)15-16-5-2-1-3-6-16/h1-3,5-6,13-14,18H,4,7-12,15H2,(H,25,29,31). The van der Waals surface area contributed by atoms with Crippen molar-refractivity contribution in [3.63, 3.8) is 0 Å². The molecule has 1 aromatic carbocycles. The number of rotatable bonds is 4. The molecule has 8 heteroatoms. The molecule has 2 fully saturated rings. The third-order valence-corrected chi connectivity index (χ3v) is 6.06. The molecule has 0 atom stereocenters. The van der Waals surface area contributed by atoms with E-state index in [9.17, 15) is 14.4 Å². The van der Waals surface area contributed by atoms with Crippen molar-refractivity contribution in [1.29, 1.82) is 0 Å². The number of nitrogens with one attached hydrogen (secondary N) is 1. The first-order valence-electron chi connectivity index (χ1n) is 10.8. The number of amides is 1. The van der Waals surface area contributed by atoms with Crippen LogP contribution in [-0.4, -0.2) is 56.4 Å². The second-order valence-corrected chi connectivity index (χ2v) is 8.36. The molecule has 160 valence electrons. The summed E-state index contributed by atoms with van der Waals surface area (Å²) in [7, 11) is 0. The lowest BCUT2D eigenvalue weighted by Gasteiger charge is -2.22. The molecule has 8 nitrogen and oxygen atoms in total. The van der Waals surface area contributed by atoms with Gasteiger partial charge in [-0.05, 0) is 30.9 Å². The van der Waals surface area contributed by atoms with Gasteiger partial charge in [-0.15, -0.1) is 0 Å². The van der Waals surface area contributed by atoms with Gasteiger partial charge in [0, 0.05) is 45.0 Å². The molecule has 1 amide bonds. The molecule has 2 aromatic heterocycles. The first-order chi connectivity index (χ1) is 15.1. The number of carbonyl (C=O) groups excluding carboxylic acids is 1. The van der Waals surface area contributed by atoms with Crippen LogP contribution < -0.4 is 11.2 Å². The minimum Gasteiger partial charge on any atom is -0.337 e. The van der Waals surface area contributed by atoms with Gasteiger partial charge in [-0.25, -0.2) is 9.78 Å². The Hall–Kier alpha value is -3.26. The fourth-order valence-corrected chi connectivity index (χ4v) is 4.28. The van der Waals surface area contributed by atoms with Gasteiger partial charge >= 0.3 is 5.69 Å². The van der Waals surface area contributed by atoms with Gasteiger partial charge in [-0.2, -0.15) is 0 Å². The van der Waals surface area contributed by atoms with Crippen LogP contribution in [0.25, 0.3) is 11.0 Å². The Morgan fingerprint density at radius 3 is 2.65 bits per heavy atom. The molecular formula is C23H25N5O3. The van der Waals surface area contributed by atoms with E-state index in [0.717, 1.165) is 38.9 Å². The fourth-order valence-electron chi connectivity index (χ4n) is 4.28. The molecule has 31 heavy (non-hydrogen) atoms. The van der Waals surface area contributed by atoms with Crippen LogP contribution in [0.1, 0.15) is 41.2 Å². The first kappa shape index (κ1) is 19.7. The van der Waals surface area contributed by atoms with E-state index in [4.69, 9.17) is 0 Å². The van der Waals surface area contributed by atoms with E-state index >= 15 is 0 Å². The maximum absolute atomic E-state index is 13.2. The fraction of sp³-hybridized carbons (Fsp3) is 0.391. The lowest BCUT2D eigenvalue weighted by molar-refractivity contribution is 0.0761. The van der Waals surface area contributed by atoms with E-state index in [1.807, 2.05) is 23.1 Å². The van der Waals surface area contributed by atoms with E-state index in [-0.39, 0.29) is 17.3 Å². The number of aromatic nitrogens is 3. The number of hydrogen-bond acceptors (Lipinski definition) is 5. The maximum Gasteiger partial charge on any atom is 0.330 e. The van der Waals surface area contributed by atoms with Gasteiger partial charge < -0.3 is 4.90 Å². The van der Waals surface area contributed by atoms with Gasteiger partial charge in [0.15, 0.2) is 0 Å². The minimum absolute atomic E-state index is 0.0853. The van der Waals surface area contributed by atoms with E-state index in [0.29, 0.717) is 24.3 Å². The van der Waals surface area contributed by atoms with Crippen LogP contribution in [0, 0.1) is 0 Å². The largest absolute Gasteiger partial charge is 0.337 e. The second kappa shape index (κ2) is 8.11. The van der Waals surface area contributed by atoms with Crippen LogP contribution >= 0.6 is 0 Å². The van der Waals surface area contributed by atoms with Gasteiger partial charge in [0.2, 0.25) is 0 Å². The van der Waals surface area contributed by atoms with Crippen molar-refractivity contribution in [2.45, 2.75) is 31.8 Å². The number of fused-ring (bicyclic) bond motifs is 1. The summed E-state index contributed by atoms with van der Waals surface area (Å²) in [5.74, 6) is -0.125. The molecule has 3 aromatic rings. The molecule has 0 bridgehead atoms. The zero-order chi connectivity index (χ0) is 21.4. The van der Waals surface area contributed by atoms with Crippen molar-refractivity contribution in [2.24, 2.45) is 0 Å². The number of H-pyrrole nitrogens is 1. The Kier molecular flexibility index (Phi) is 5.15. The molecule has 3 heterocycles. The lowest BCUT2D eigenvalue weighted by Crippen LogP contribution is -2.35. The minimum atomic E-state index is -0.496. The summed E-state index contributed by atoms with van der Waals surface area (Å²) >= 11 is 0. The Morgan fingerprint density at radius 2 is 1.87 bits per heavy atom. The smallest absolute Gasteiger partial charge is 0.330 e. The number of pyridine rings is 1. The normalized spacial score (nSPS) is 17.6. The number of hydrogen-bond donors (Lipinski definition) is 1. The molecule has 2 aliphatic rings. The van der Waals surface area contributed by atoms with Crippen molar-refractivity contribution < 1.29 is 4.79 Å². The highest BCUT2D eigenvalue weighted by atomic mass is 16.2. The summed E-state index contributed by atoms with van der Waals surface area (Å²) in [6.45, 7) is 3.89. The monoisotopic (exact) mass is 419 g/mol. The third-order valence-electron chi connectivity index (χ3n) is 6.06. The Morgan fingerprint density at radius 1 is 1.06 bits per heavy atom. The number of aromatic amines is 1. The molecule has 0 spiro atoms. The van der Waals surface area contributed by atoms with Crippen LogP contribution in [0.15, 0.2) is 52.2 Å². The van der Waals surface area contributed by atoms with Crippen LogP contribution in [0.2, 0.25) is 0 Å². The molecule has 1 aliphatic carbocycles. The van der Waals surface area contributed by atoms with E-state index in [1.165, 1.54) is 11.8 Å². The summed E-state index contributed by atoms with van der Waals surface area (Å²) in [6, 6.07) is 12.0. The molecule has 0 unspecified atom stereocenters. The average molecular weight is 419 g/mol. The molecule has 1 aliphatic heterocycles. The third kappa shape index (κ3) is 4.03. The quantitative estimate of drug-likeness (QED) is 0.696. The van der Waals surface area contributed by atoms with Gasteiger partial charge in [-0.3, -0.25) is 24.0 Å². The van der Waals surface area contributed by atoms with Crippen LogP contribution in [-0.2, 0) is 6.54 Å². The summed E-state index contributed by atoms with van der Waals surface area (Å²) < 4.78 is 1.54. The van der Waals surface area contributed by atoms with E-state index in [2.05, 4.69) is 27.0 Å². The molecule has 1 N–H and O–H groups in total. The second-order valence-electron chi connectivity index (χ2n) is 8.36. The number of nitrogens with zero attached hydrogens (tertiary/aromatic N) is 4. The van der Waals surface area contributed by atoms with Gasteiger partial charge in [0.05, 0.1) is 10.9 Å². The van der Waals surface area contributed by atoms with Gasteiger partial charge in [0.25, 0.3) is 11.5 Å². The van der Waals surface area contributed by atoms with Crippen LogP contribution in [0.4, 0.5) is 0 Å². The summed E-state index contributed by atoms with van der Waals surface area (Å²) in [5, 5.41) is 0.290. The van der Waals surface area contributed by atoms with Gasteiger partial charge in [-0.1, -0.05) is 30.3 Å². The maximum atomic E-state index is 13.2. The Balaban J connectivity index is 1.35. The molecule has 0 radical (unpaired) electrons. The summed E-state index contributed by atoms with van der Waals surface area (Å²) in [5.41, 5.74) is 1.08. The highest BCUT2D eigenvalue weighted by Crippen LogP contribution is 2.34. The highest BCUT2D eigenvalue weighted by molar-refractivity contribution is 5.96. The van der Waals surface area contributed by atoms with E-state index in [1.54, 1.807) is 10.6 Å². The number of carbonyl (C=O) groups is 1. The average Bonchev–Trinajstić information content (AvgIpc) is 3.62. The molecule has 5 rings (SSSR count). The van der Waals surface area contributed by atoms with Crippen LogP contribution in [0.5, 0.6) is 0 Å². The van der Waals surface area contributed by atoms with Crippen molar-refractivity contribution in [3.8, 4) is 0 Å². The zero-order valence-electron chi connectivity index (χ0n) is 17.3. The Bertz CT molecular complexity index is 1230. The zero-order valence-corrected chi connectivity index (χ0v) is 17.3.